The minimum Gasteiger partial charge on any atom is -0.418 e. The highest BCUT2D eigenvalue weighted by atomic mass is 19.5. The zero-order chi connectivity index (χ0) is 22.2. The van der Waals surface area contributed by atoms with Crippen molar-refractivity contribution in [3.8, 4) is 0 Å². The molecule has 0 saturated heterocycles. The Morgan fingerprint density at radius 3 is 1.52 bits per heavy atom. The lowest BCUT2D eigenvalue weighted by Gasteiger charge is -2.35. The summed E-state index contributed by atoms with van der Waals surface area (Å²) in [5, 5.41) is 0. The summed E-state index contributed by atoms with van der Waals surface area (Å²) in [5.74, 6) is 0. The van der Waals surface area contributed by atoms with Crippen molar-refractivity contribution >= 4 is 7.25 Å². The van der Waals surface area contributed by atoms with Gasteiger partial charge in [-0.05, 0) is 59.1 Å². The first-order valence-electron chi connectivity index (χ1n) is 11.5. The molecular weight excluding hydrogens is 379 g/mol. The van der Waals surface area contributed by atoms with Gasteiger partial charge < -0.3 is 26.3 Å². The van der Waals surface area contributed by atoms with Crippen LogP contribution in [-0.4, -0.2) is 42.5 Å². The van der Waals surface area contributed by atoms with Gasteiger partial charge in [-0.15, -0.1) is 0 Å². The molecule has 1 atom stereocenters. The third kappa shape index (κ3) is 15.5. The quantitative estimate of drug-likeness (QED) is 0.118. The van der Waals surface area contributed by atoms with Crippen LogP contribution >= 0.6 is 0 Å². The Morgan fingerprint density at radius 2 is 1.10 bits per heavy atom. The number of rotatable bonds is 15. The van der Waals surface area contributed by atoms with Crippen molar-refractivity contribution in [2.75, 3.05) is 26.2 Å². The summed E-state index contributed by atoms with van der Waals surface area (Å²) in [4.78, 5) is 0. The maximum Gasteiger partial charge on any atom is 0.673 e. The lowest BCUT2D eigenvalue weighted by atomic mass is 10.0. The van der Waals surface area contributed by atoms with Gasteiger partial charge in [0.25, 0.3) is 0 Å². The Hall–Kier alpha value is -0.975. The number of halogens is 4. The molecule has 1 heterocycles. The molecular formula is C22H43BF4N2. The van der Waals surface area contributed by atoms with Crippen LogP contribution in [-0.2, 0) is 0 Å². The minimum absolute atomic E-state index is 0.661. The number of aromatic nitrogens is 1. The Labute approximate surface area is 176 Å². The van der Waals surface area contributed by atoms with E-state index in [-0.39, 0.29) is 0 Å². The van der Waals surface area contributed by atoms with Gasteiger partial charge >= 0.3 is 7.25 Å². The molecule has 0 spiro atoms. The van der Waals surface area contributed by atoms with E-state index in [2.05, 4.69) is 56.8 Å². The third-order valence-corrected chi connectivity index (χ3v) is 6.15. The molecule has 0 saturated carbocycles. The molecule has 172 valence electrons. The lowest BCUT2D eigenvalue weighted by Crippen LogP contribution is -2.48. The fourth-order valence-corrected chi connectivity index (χ4v) is 3.88. The Morgan fingerprint density at radius 1 is 0.724 bits per heavy atom. The second kappa shape index (κ2) is 15.8. The second-order valence-corrected chi connectivity index (χ2v) is 8.11. The van der Waals surface area contributed by atoms with E-state index in [0.717, 1.165) is 0 Å². The summed E-state index contributed by atoms with van der Waals surface area (Å²) in [6, 6.07) is 4.91. The second-order valence-electron chi connectivity index (χ2n) is 8.11. The maximum atomic E-state index is 9.75. The average Bonchev–Trinajstić information content (AvgIpc) is 3.20. The first kappa shape index (κ1) is 28.0. The third-order valence-electron chi connectivity index (χ3n) is 6.15. The van der Waals surface area contributed by atoms with Gasteiger partial charge in [0, 0.05) is 18.4 Å². The predicted octanol–water partition coefficient (Wildman–Crippen LogP) is 7.74. The minimum atomic E-state index is -6.00. The smallest absolute Gasteiger partial charge is 0.418 e. The molecule has 0 fully saturated rings. The van der Waals surface area contributed by atoms with Crippen molar-refractivity contribution < 1.29 is 21.7 Å². The standard InChI is InChI=1S/C22H43N2.BF4/c1-5-24(6-2,7-3)21-17-13-11-9-8-10-12-14-18-22(4)23-19-15-16-20-23;2-1(3,4)5/h15-16,19-20,22H,5-14,17-18,21H2,1-4H3;/q+1;-1. The maximum absolute atomic E-state index is 9.75. The molecule has 0 aliphatic heterocycles. The monoisotopic (exact) mass is 422 g/mol. The van der Waals surface area contributed by atoms with Crippen LogP contribution in [0.25, 0.3) is 0 Å². The zero-order valence-corrected chi connectivity index (χ0v) is 19.1. The predicted molar refractivity (Wildman–Crippen MR) is 118 cm³/mol. The van der Waals surface area contributed by atoms with Crippen LogP contribution in [0.1, 0.15) is 91.5 Å². The van der Waals surface area contributed by atoms with Crippen LogP contribution in [0.5, 0.6) is 0 Å². The highest BCUT2D eigenvalue weighted by Crippen LogP contribution is 2.17. The Balaban J connectivity index is 0.00000139. The first-order chi connectivity index (χ1) is 13.7. The molecule has 7 heteroatoms. The number of quaternary nitrogens is 1. The van der Waals surface area contributed by atoms with Crippen molar-refractivity contribution in [1.82, 2.24) is 4.57 Å². The molecule has 1 rings (SSSR count). The SMILES string of the molecule is CC[N+](CC)(CC)CCCCCCCCCCC(C)n1cccc1.F[B-](F)(F)F. The van der Waals surface area contributed by atoms with Crippen LogP contribution in [0.2, 0.25) is 0 Å². The van der Waals surface area contributed by atoms with Gasteiger partial charge in [-0.3, -0.25) is 0 Å². The molecule has 0 radical (unpaired) electrons. The van der Waals surface area contributed by atoms with E-state index in [9.17, 15) is 17.3 Å². The van der Waals surface area contributed by atoms with Gasteiger partial charge in [0.1, 0.15) is 0 Å². The molecule has 0 N–H and O–H groups in total. The van der Waals surface area contributed by atoms with Crippen LogP contribution in [0.15, 0.2) is 24.5 Å². The molecule has 0 amide bonds. The largest absolute Gasteiger partial charge is 0.673 e. The zero-order valence-electron chi connectivity index (χ0n) is 19.1. The summed E-state index contributed by atoms with van der Waals surface area (Å²) in [5.41, 5.74) is 0. The fourth-order valence-electron chi connectivity index (χ4n) is 3.88. The summed E-state index contributed by atoms with van der Waals surface area (Å²) >= 11 is 0. The van der Waals surface area contributed by atoms with E-state index < -0.39 is 7.25 Å². The lowest BCUT2D eigenvalue weighted by molar-refractivity contribution is -0.923. The average molecular weight is 422 g/mol. The first-order valence-corrected chi connectivity index (χ1v) is 11.5. The van der Waals surface area contributed by atoms with Crippen LogP contribution < -0.4 is 0 Å². The number of nitrogens with zero attached hydrogens (tertiary/aromatic N) is 2. The van der Waals surface area contributed by atoms with E-state index in [4.69, 9.17) is 0 Å². The van der Waals surface area contributed by atoms with Crippen LogP contribution in [0.3, 0.4) is 0 Å². The van der Waals surface area contributed by atoms with Gasteiger partial charge in [-0.1, -0.05) is 38.5 Å². The summed E-state index contributed by atoms with van der Waals surface area (Å²) in [7, 11) is -6.00. The molecule has 1 aromatic rings. The van der Waals surface area contributed by atoms with Gasteiger partial charge in [0.15, 0.2) is 0 Å². The van der Waals surface area contributed by atoms with Gasteiger partial charge in [0.2, 0.25) is 0 Å². The molecule has 0 aliphatic carbocycles. The highest BCUT2D eigenvalue weighted by molar-refractivity contribution is 6.50. The van der Waals surface area contributed by atoms with Crippen LogP contribution in [0.4, 0.5) is 17.3 Å². The summed E-state index contributed by atoms with van der Waals surface area (Å²) in [6.07, 6.45) is 17.1. The van der Waals surface area contributed by atoms with Gasteiger partial charge in [-0.2, -0.15) is 0 Å². The molecule has 1 unspecified atom stereocenters. The number of unbranched alkanes of at least 4 members (excludes halogenated alkanes) is 7. The number of hydrogen-bond acceptors (Lipinski definition) is 0. The van der Waals surface area contributed by atoms with Gasteiger partial charge in [-0.25, -0.2) is 0 Å². The molecule has 29 heavy (non-hydrogen) atoms. The van der Waals surface area contributed by atoms with Gasteiger partial charge in [0.05, 0.1) is 26.2 Å². The Bertz CT molecular complexity index is 459. The van der Waals surface area contributed by atoms with E-state index in [1.165, 1.54) is 88.4 Å². The summed E-state index contributed by atoms with van der Waals surface area (Å²) < 4.78 is 42.7. The Kier molecular flexibility index (Phi) is 15.3. The van der Waals surface area contributed by atoms with E-state index >= 15 is 0 Å². The van der Waals surface area contributed by atoms with Crippen molar-refractivity contribution in [1.29, 1.82) is 0 Å². The summed E-state index contributed by atoms with van der Waals surface area (Å²) in [6.45, 7) is 14.7. The number of hydrogen-bond donors (Lipinski definition) is 0. The fraction of sp³-hybridized carbons (Fsp3) is 0.818. The highest BCUT2D eigenvalue weighted by Gasteiger charge is 2.20. The molecule has 0 aromatic carbocycles. The molecule has 0 bridgehead atoms. The molecule has 0 aliphatic rings. The topological polar surface area (TPSA) is 4.93 Å². The van der Waals surface area contributed by atoms with E-state index in [0.29, 0.717) is 6.04 Å². The molecule has 1 aromatic heterocycles. The van der Waals surface area contributed by atoms with Crippen molar-refractivity contribution in [3.63, 3.8) is 0 Å². The van der Waals surface area contributed by atoms with E-state index in [1.54, 1.807) is 0 Å². The van der Waals surface area contributed by atoms with Crippen molar-refractivity contribution in [2.45, 2.75) is 91.5 Å². The normalized spacial score (nSPS) is 13.1. The van der Waals surface area contributed by atoms with E-state index in [1.807, 2.05) is 0 Å². The van der Waals surface area contributed by atoms with Crippen LogP contribution in [0, 0.1) is 0 Å². The van der Waals surface area contributed by atoms with Crippen molar-refractivity contribution in [3.05, 3.63) is 24.5 Å². The molecule has 2 nitrogen and oxygen atoms in total. The van der Waals surface area contributed by atoms with Crippen molar-refractivity contribution in [2.24, 2.45) is 0 Å².